The molecule has 0 amide bonds. The van der Waals surface area contributed by atoms with Gasteiger partial charge in [0.05, 0.1) is 0 Å². The summed E-state index contributed by atoms with van der Waals surface area (Å²) in [6.07, 6.45) is 1.41. The van der Waals surface area contributed by atoms with Gasteiger partial charge < -0.3 is 0 Å². The van der Waals surface area contributed by atoms with Gasteiger partial charge in [0.2, 0.25) is 0 Å². The van der Waals surface area contributed by atoms with Crippen LogP contribution in [0, 0.1) is 0 Å². The molecule has 0 fully saturated rings. The molecule has 0 aliphatic carbocycles. The van der Waals surface area contributed by atoms with Crippen molar-refractivity contribution >= 4 is 37.9 Å². The molecule has 0 spiro atoms. The minimum Gasteiger partial charge on any atom is -0.199 e. The van der Waals surface area contributed by atoms with Crippen LogP contribution in [0.25, 0.3) is 6.08 Å². The Kier molecular flexibility index (Phi) is 3.27. The number of hydrogen-bond donors (Lipinski definition) is 0. The molecule has 0 atom stereocenters. The molecular weight excluding hydrogens is 275 g/mol. The average Bonchev–Trinajstić information content (AvgIpc) is 1.93. The first-order valence-corrected chi connectivity index (χ1v) is 4.56. The minimum atomic E-state index is -0.371. The van der Waals surface area contributed by atoms with Gasteiger partial charge in [-0.2, -0.15) is 4.39 Å². The monoisotopic (exact) mass is 278 g/mol. The summed E-state index contributed by atoms with van der Waals surface area (Å²) in [5.74, 6) is 0. The van der Waals surface area contributed by atoms with Crippen LogP contribution < -0.4 is 0 Å². The van der Waals surface area contributed by atoms with Gasteiger partial charge in [-0.15, -0.1) is 0 Å². The summed E-state index contributed by atoms with van der Waals surface area (Å²) < 4.78 is 12.8. The zero-order chi connectivity index (χ0) is 8.27. The Hall–Kier alpha value is -0.150. The lowest BCUT2D eigenvalue weighted by molar-refractivity contribution is 0.711. The van der Waals surface area contributed by atoms with Crippen LogP contribution in [0.1, 0.15) is 5.56 Å². The lowest BCUT2D eigenvalue weighted by Crippen LogP contribution is -1.72. The highest BCUT2D eigenvalue weighted by atomic mass is 79.9. The van der Waals surface area contributed by atoms with E-state index in [2.05, 4.69) is 31.9 Å². The van der Waals surface area contributed by atoms with E-state index in [1.54, 1.807) is 0 Å². The van der Waals surface area contributed by atoms with E-state index >= 15 is 0 Å². The molecule has 0 N–H and O–H groups in total. The van der Waals surface area contributed by atoms with E-state index in [-0.39, 0.29) is 4.74 Å². The highest BCUT2D eigenvalue weighted by molar-refractivity contribution is 9.11. The maximum Gasteiger partial charge on any atom is 0.166 e. The predicted molar refractivity (Wildman–Crippen MR) is 52.2 cm³/mol. The molecule has 11 heavy (non-hydrogen) atoms. The van der Waals surface area contributed by atoms with Gasteiger partial charge in [0, 0.05) is 4.47 Å². The van der Waals surface area contributed by atoms with Crippen LogP contribution in [0.3, 0.4) is 0 Å². The molecular formula is C8H5Br2F. The van der Waals surface area contributed by atoms with Crippen molar-refractivity contribution in [3.63, 3.8) is 0 Å². The first-order valence-electron chi connectivity index (χ1n) is 2.97. The normalized spacial score (nSPS) is 11.7. The second-order valence-electron chi connectivity index (χ2n) is 1.96. The second-order valence-corrected chi connectivity index (χ2v) is 3.57. The quantitative estimate of drug-likeness (QED) is 0.726. The third kappa shape index (κ3) is 2.75. The van der Waals surface area contributed by atoms with Crippen molar-refractivity contribution in [2.24, 2.45) is 0 Å². The van der Waals surface area contributed by atoms with Gasteiger partial charge in [0.25, 0.3) is 0 Å². The van der Waals surface area contributed by atoms with Gasteiger partial charge in [-0.05, 0) is 33.6 Å². The summed E-state index contributed by atoms with van der Waals surface area (Å²) in [5.41, 5.74) is 0.821. The zero-order valence-corrected chi connectivity index (χ0v) is 8.69. The molecule has 1 aromatic rings. The Morgan fingerprint density at radius 2 is 2.00 bits per heavy atom. The molecule has 0 nitrogen and oxygen atoms in total. The molecule has 0 radical (unpaired) electrons. The van der Waals surface area contributed by atoms with Crippen LogP contribution in [0.15, 0.2) is 33.5 Å². The largest absolute Gasteiger partial charge is 0.199 e. The summed E-state index contributed by atoms with van der Waals surface area (Å²) in [4.78, 5) is 0. The van der Waals surface area contributed by atoms with Crippen molar-refractivity contribution in [2.75, 3.05) is 0 Å². The Morgan fingerprint density at radius 1 is 1.36 bits per heavy atom. The zero-order valence-electron chi connectivity index (χ0n) is 5.52. The maximum absolute atomic E-state index is 12.3. The first kappa shape index (κ1) is 8.94. The van der Waals surface area contributed by atoms with E-state index in [0.717, 1.165) is 10.0 Å². The molecule has 0 aliphatic heterocycles. The van der Waals surface area contributed by atoms with Crippen LogP contribution in [0.4, 0.5) is 4.39 Å². The lowest BCUT2D eigenvalue weighted by Gasteiger charge is -1.95. The van der Waals surface area contributed by atoms with Gasteiger partial charge in [-0.25, -0.2) is 0 Å². The Morgan fingerprint density at radius 3 is 2.55 bits per heavy atom. The van der Waals surface area contributed by atoms with Crippen molar-refractivity contribution in [1.82, 2.24) is 0 Å². The SMILES string of the molecule is F/C(Br)=C/c1ccccc1Br. The summed E-state index contributed by atoms with van der Waals surface area (Å²) in [6, 6.07) is 7.42. The number of benzene rings is 1. The van der Waals surface area contributed by atoms with Crippen molar-refractivity contribution in [3.8, 4) is 0 Å². The highest BCUT2D eigenvalue weighted by Crippen LogP contribution is 2.20. The summed E-state index contributed by atoms with van der Waals surface area (Å²) in [6.45, 7) is 0. The van der Waals surface area contributed by atoms with Crippen molar-refractivity contribution in [3.05, 3.63) is 39.0 Å². The molecule has 0 aromatic heterocycles. The van der Waals surface area contributed by atoms with Crippen molar-refractivity contribution in [2.45, 2.75) is 0 Å². The third-order valence-electron chi connectivity index (χ3n) is 1.17. The first-order chi connectivity index (χ1) is 5.20. The van der Waals surface area contributed by atoms with E-state index in [1.165, 1.54) is 6.08 Å². The maximum atomic E-state index is 12.3. The molecule has 1 aromatic carbocycles. The van der Waals surface area contributed by atoms with Gasteiger partial charge in [-0.3, -0.25) is 0 Å². The molecule has 1 rings (SSSR count). The molecule has 58 valence electrons. The van der Waals surface area contributed by atoms with Crippen LogP contribution in [0.2, 0.25) is 0 Å². The summed E-state index contributed by atoms with van der Waals surface area (Å²) in [7, 11) is 0. The predicted octanol–water partition coefficient (Wildman–Crippen LogP) is 4.11. The van der Waals surface area contributed by atoms with Crippen molar-refractivity contribution < 1.29 is 4.39 Å². The molecule has 0 saturated heterocycles. The van der Waals surface area contributed by atoms with Gasteiger partial charge in [0.1, 0.15) is 0 Å². The average molecular weight is 280 g/mol. The summed E-state index contributed by atoms with van der Waals surface area (Å²) >= 11 is 6.01. The number of halogens is 3. The fraction of sp³-hybridized carbons (Fsp3) is 0. The molecule has 0 heterocycles. The van der Waals surface area contributed by atoms with Crippen LogP contribution in [0.5, 0.6) is 0 Å². The molecule has 0 bridgehead atoms. The van der Waals surface area contributed by atoms with E-state index in [1.807, 2.05) is 24.3 Å². The molecule has 0 saturated carbocycles. The fourth-order valence-electron chi connectivity index (χ4n) is 0.710. The van der Waals surface area contributed by atoms with Crippen LogP contribution in [-0.2, 0) is 0 Å². The van der Waals surface area contributed by atoms with Gasteiger partial charge >= 0.3 is 0 Å². The Labute approximate surface area is 81.4 Å². The lowest BCUT2D eigenvalue weighted by atomic mass is 10.2. The van der Waals surface area contributed by atoms with E-state index in [0.29, 0.717) is 0 Å². The molecule has 0 aliphatic rings. The van der Waals surface area contributed by atoms with E-state index in [9.17, 15) is 4.39 Å². The highest BCUT2D eigenvalue weighted by Gasteiger charge is 1.94. The van der Waals surface area contributed by atoms with E-state index in [4.69, 9.17) is 0 Å². The van der Waals surface area contributed by atoms with Crippen LogP contribution >= 0.6 is 31.9 Å². The van der Waals surface area contributed by atoms with Crippen LogP contribution in [-0.4, -0.2) is 0 Å². The standard InChI is InChI=1S/C8H5Br2F/c9-7-4-2-1-3-6(7)5-8(10)11/h1-5H/b8-5+. The Bertz CT molecular complexity index is 277. The fourth-order valence-corrected chi connectivity index (χ4v) is 1.36. The third-order valence-corrected chi connectivity index (χ3v) is 2.12. The Balaban J connectivity index is 3.04. The number of hydrogen-bond acceptors (Lipinski definition) is 0. The van der Waals surface area contributed by atoms with Gasteiger partial charge in [0.15, 0.2) is 4.74 Å². The minimum absolute atomic E-state index is 0.371. The van der Waals surface area contributed by atoms with Gasteiger partial charge in [-0.1, -0.05) is 34.1 Å². The summed E-state index contributed by atoms with van der Waals surface area (Å²) in [5, 5.41) is 0. The van der Waals surface area contributed by atoms with E-state index < -0.39 is 0 Å². The molecule has 0 unspecified atom stereocenters. The van der Waals surface area contributed by atoms with Crippen molar-refractivity contribution in [1.29, 1.82) is 0 Å². The number of rotatable bonds is 1. The topological polar surface area (TPSA) is 0 Å². The molecule has 3 heteroatoms. The smallest absolute Gasteiger partial charge is 0.166 e. The second kappa shape index (κ2) is 4.02.